The Morgan fingerprint density at radius 2 is 2.25 bits per heavy atom. The van der Waals surface area contributed by atoms with E-state index >= 15 is 0 Å². The maximum atomic E-state index is 12.2. The molecule has 0 aromatic heterocycles. The van der Waals surface area contributed by atoms with E-state index in [-0.39, 0.29) is 6.03 Å². The topological polar surface area (TPSA) is 60.9 Å². The van der Waals surface area contributed by atoms with Gasteiger partial charge in [-0.3, -0.25) is 4.79 Å². The smallest absolute Gasteiger partial charge is 0.320 e. The third-order valence-electron chi connectivity index (χ3n) is 3.44. The molecule has 1 atom stereocenters. The SMILES string of the molecule is CN(Cc1cccc(Br)c1)C(=O)N1CCC(C(=O)O)C1. The predicted molar refractivity (Wildman–Crippen MR) is 78.3 cm³/mol. The van der Waals surface area contributed by atoms with Gasteiger partial charge in [0.15, 0.2) is 0 Å². The Labute approximate surface area is 126 Å². The van der Waals surface area contributed by atoms with Gasteiger partial charge in [0.1, 0.15) is 0 Å². The van der Waals surface area contributed by atoms with Crippen LogP contribution in [0, 0.1) is 5.92 Å². The molecule has 20 heavy (non-hydrogen) atoms. The number of hydrogen-bond acceptors (Lipinski definition) is 2. The first kappa shape index (κ1) is 14.8. The fraction of sp³-hybridized carbons (Fsp3) is 0.429. The summed E-state index contributed by atoms with van der Waals surface area (Å²) in [4.78, 5) is 26.4. The maximum Gasteiger partial charge on any atom is 0.320 e. The number of nitrogens with zero attached hydrogens (tertiary/aromatic N) is 2. The number of hydrogen-bond donors (Lipinski definition) is 1. The largest absolute Gasteiger partial charge is 0.481 e. The molecule has 0 spiro atoms. The number of amides is 2. The zero-order valence-electron chi connectivity index (χ0n) is 11.3. The number of carboxylic acid groups (broad SMARTS) is 1. The Hall–Kier alpha value is -1.56. The first-order valence-electron chi connectivity index (χ1n) is 6.44. The molecule has 2 amide bonds. The van der Waals surface area contributed by atoms with E-state index < -0.39 is 11.9 Å². The highest BCUT2D eigenvalue weighted by Crippen LogP contribution is 2.19. The standard InChI is InChI=1S/C14H17BrN2O3/c1-16(8-10-3-2-4-12(15)7-10)14(20)17-6-5-11(9-17)13(18)19/h2-4,7,11H,5-6,8-9H2,1H3,(H,18,19). The van der Waals surface area contributed by atoms with Crippen LogP contribution in [0.1, 0.15) is 12.0 Å². The van der Waals surface area contributed by atoms with Crippen molar-refractivity contribution in [1.82, 2.24) is 9.80 Å². The average Bonchev–Trinajstić information content (AvgIpc) is 2.87. The minimum absolute atomic E-state index is 0.117. The van der Waals surface area contributed by atoms with Crippen LogP contribution in [0.25, 0.3) is 0 Å². The van der Waals surface area contributed by atoms with E-state index in [1.54, 1.807) is 16.8 Å². The number of aliphatic carboxylic acids is 1. The summed E-state index contributed by atoms with van der Waals surface area (Å²) in [6.07, 6.45) is 0.534. The Morgan fingerprint density at radius 1 is 1.50 bits per heavy atom. The van der Waals surface area contributed by atoms with E-state index in [9.17, 15) is 9.59 Å². The lowest BCUT2D eigenvalue weighted by molar-refractivity contribution is -0.141. The van der Waals surface area contributed by atoms with Gasteiger partial charge in [0.25, 0.3) is 0 Å². The number of likely N-dealkylation sites (tertiary alicyclic amines) is 1. The minimum Gasteiger partial charge on any atom is -0.481 e. The molecule has 1 aliphatic rings. The zero-order chi connectivity index (χ0) is 14.7. The highest BCUT2D eigenvalue weighted by atomic mass is 79.9. The fourth-order valence-corrected chi connectivity index (χ4v) is 2.80. The number of carbonyl (C=O) groups is 2. The fourth-order valence-electron chi connectivity index (χ4n) is 2.35. The molecule has 0 bridgehead atoms. The molecule has 1 heterocycles. The van der Waals surface area contributed by atoms with Crippen LogP contribution < -0.4 is 0 Å². The van der Waals surface area contributed by atoms with E-state index in [1.807, 2.05) is 24.3 Å². The van der Waals surface area contributed by atoms with Gasteiger partial charge in [-0.1, -0.05) is 28.1 Å². The second-order valence-corrected chi connectivity index (χ2v) is 5.95. The third kappa shape index (κ3) is 3.50. The lowest BCUT2D eigenvalue weighted by Gasteiger charge is -2.24. The number of halogens is 1. The van der Waals surface area contributed by atoms with Crippen LogP contribution in [0.2, 0.25) is 0 Å². The van der Waals surface area contributed by atoms with Crippen molar-refractivity contribution in [3.05, 3.63) is 34.3 Å². The molecule has 0 aliphatic carbocycles. The Bertz CT molecular complexity index is 521. The molecule has 108 valence electrons. The van der Waals surface area contributed by atoms with Crippen molar-refractivity contribution in [2.45, 2.75) is 13.0 Å². The summed E-state index contributed by atoms with van der Waals surface area (Å²) in [5, 5.41) is 8.96. The minimum atomic E-state index is -0.824. The van der Waals surface area contributed by atoms with Gasteiger partial charge in [0.2, 0.25) is 0 Å². The molecular weight excluding hydrogens is 324 g/mol. The number of urea groups is 1. The van der Waals surface area contributed by atoms with Crippen LogP contribution in [0.15, 0.2) is 28.7 Å². The molecule has 0 saturated carbocycles. The Kier molecular flexibility index (Phi) is 4.65. The lowest BCUT2D eigenvalue weighted by atomic mass is 10.1. The quantitative estimate of drug-likeness (QED) is 0.918. The lowest BCUT2D eigenvalue weighted by Crippen LogP contribution is -2.39. The zero-order valence-corrected chi connectivity index (χ0v) is 12.8. The van der Waals surface area contributed by atoms with E-state index in [0.29, 0.717) is 26.1 Å². The Balaban J connectivity index is 1.94. The maximum absolute atomic E-state index is 12.2. The van der Waals surface area contributed by atoms with Gasteiger partial charge < -0.3 is 14.9 Å². The molecule has 1 aromatic carbocycles. The summed E-state index contributed by atoms with van der Waals surface area (Å²) in [6, 6.07) is 7.66. The molecular formula is C14H17BrN2O3. The van der Waals surface area contributed by atoms with Gasteiger partial charge in [-0.05, 0) is 24.1 Å². The van der Waals surface area contributed by atoms with E-state index in [2.05, 4.69) is 15.9 Å². The molecule has 1 aliphatic heterocycles. The Morgan fingerprint density at radius 3 is 2.85 bits per heavy atom. The van der Waals surface area contributed by atoms with Crippen molar-refractivity contribution in [1.29, 1.82) is 0 Å². The van der Waals surface area contributed by atoms with Crippen LogP contribution in [-0.4, -0.2) is 47.0 Å². The van der Waals surface area contributed by atoms with Crippen molar-refractivity contribution in [2.75, 3.05) is 20.1 Å². The van der Waals surface area contributed by atoms with Crippen molar-refractivity contribution >= 4 is 27.9 Å². The molecule has 6 heteroatoms. The van der Waals surface area contributed by atoms with Crippen LogP contribution in [0.5, 0.6) is 0 Å². The van der Waals surface area contributed by atoms with Crippen LogP contribution in [-0.2, 0) is 11.3 Å². The van der Waals surface area contributed by atoms with E-state index in [1.165, 1.54) is 0 Å². The highest BCUT2D eigenvalue weighted by molar-refractivity contribution is 9.10. The molecule has 0 radical (unpaired) electrons. The monoisotopic (exact) mass is 340 g/mol. The highest BCUT2D eigenvalue weighted by Gasteiger charge is 2.32. The molecule has 5 nitrogen and oxygen atoms in total. The van der Waals surface area contributed by atoms with Crippen molar-refractivity contribution in [3.63, 3.8) is 0 Å². The van der Waals surface area contributed by atoms with Gasteiger partial charge in [0.05, 0.1) is 5.92 Å². The number of carbonyl (C=O) groups excluding carboxylic acids is 1. The second-order valence-electron chi connectivity index (χ2n) is 5.04. The normalized spacial score (nSPS) is 18.1. The van der Waals surface area contributed by atoms with Gasteiger partial charge in [0, 0.05) is 31.2 Å². The first-order chi connectivity index (χ1) is 9.47. The van der Waals surface area contributed by atoms with Gasteiger partial charge in [-0.25, -0.2) is 4.79 Å². The third-order valence-corrected chi connectivity index (χ3v) is 3.94. The molecule has 1 N–H and O–H groups in total. The van der Waals surface area contributed by atoms with Gasteiger partial charge >= 0.3 is 12.0 Å². The summed E-state index contributed by atoms with van der Waals surface area (Å²) < 4.78 is 0.975. The summed E-state index contributed by atoms with van der Waals surface area (Å²) in [5.74, 6) is -1.26. The average molecular weight is 341 g/mol. The molecule has 1 fully saturated rings. The number of carboxylic acids is 1. The van der Waals surface area contributed by atoms with Gasteiger partial charge in [-0.15, -0.1) is 0 Å². The van der Waals surface area contributed by atoms with Crippen LogP contribution in [0.4, 0.5) is 4.79 Å². The molecule has 2 rings (SSSR count). The summed E-state index contributed by atoms with van der Waals surface area (Å²) in [6.45, 7) is 1.32. The van der Waals surface area contributed by atoms with E-state index in [4.69, 9.17) is 5.11 Å². The van der Waals surface area contributed by atoms with Crippen molar-refractivity contribution in [2.24, 2.45) is 5.92 Å². The molecule has 1 saturated heterocycles. The summed E-state index contributed by atoms with van der Waals surface area (Å²) in [5.41, 5.74) is 1.03. The summed E-state index contributed by atoms with van der Waals surface area (Å²) in [7, 11) is 1.73. The second kappa shape index (κ2) is 6.26. The van der Waals surface area contributed by atoms with Crippen LogP contribution in [0.3, 0.4) is 0 Å². The number of benzene rings is 1. The van der Waals surface area contributed by atoms with Crippen molar-refractivity contribution < 1.29 is 14.7 Å². The first-order valence-corrected chi connectivity index (χ1v) is 7.24. The summed E-state index contributed by atoms with van der Waals surface area (Å²) >= 11 is 3.40. The molecule has 1 unspecified atom stereocenters. The predicted octanol–water partition coefficient (Wildman–Crippen LogP) is 2.41. The molecule has 1 aromatic rings. The van der Waals surface area contributed by atoms with Gasteiger partial charge in [-0.2, -0.15) is 0 Å². The van der Waals surface area contributed by atoms with Crippen molar-refractivity contribution in [3.8, 4) is 0 Å². The van der Waals surface area contributed by atoms with E-state index in [0.717, 1.165) is 10.0 Å². The van der Waals surface area contributed by atoms with Crippen LogP contribution >= 0.6 is 15.9 Å². The number of rotatable bonds is 3.